The molecule has 0 saturated carbocycles. The van der Waals surface area contributed by atoms with Crippen LogP contribution in [0.15, 0.2) is 35.2 Å². The Hall–Kier alpha value is -2.66. The minimum atomic E-state index is -3.85. The van der Waals surface area contributed by atoms with Gasteiger partial charge in [-0.2, -0.15) is 4.31 Å². The molecule has 1 amide bonds. The first-order chi connectivity index (χ1) is 15.4. The molecule has 0 aromatic heterocycles. The van der Waals surface area contributed by atoms with Crippen molar-refractivity contribution in [2.75, 3.05) is 62.8 Å². The molecule has 0 unspecified atom stereocenters. The lowest BCUT2D eigenvalue weighted by molar-refractivity contribution is 0.0730. The van der Waals surface area contributed by atoms with Crippen molar-refractivity contribution in [2.24, 2.45) is 0 Å². The second-order valence-corrected chi connectivity index (χ2v) is 9.89. The maximum atomic E-state index is 13.6. The summed E-state index contributed by atoms with van der Waals surface area (Å²) in [7, 11) is -3.85. The van der Waals surface area contributed by atoms with Gasteiger partial charge in [-0.05, 0) is 30.7 Å². The number of carbonyl (C=O) groups is 1. The van der Waals surface area contributed by atoms with Gasteiger partial charge >= 0.3 is 0 Å². The van der Waals surface area contributed by atoms with Gasteiger partial charge in [-0.3, -0.25) is 4.79 Å². The molecule has 0 radical (unpaired) electrons. The van der Waals surface area contributed by atoms with Gasteiger partial charge < -0.3 is 24.4 Å². The van der Waals surface area contributed by atoms with E-state index >= 15 is 0 Å². The van der Waals surface area contributed by atoms with Crippen molar-refractivity contribution in [1.29, 1.82) is 0 Å². The average Bonchev–Trinajstić information content (AvgIpc) is 2.94. The zero-order valence-corrected chi connectivity index (χ0v) is 18.6. The monoisotopic (exact) mass is 459 g/mol. The number of hydrogen-bond donors (Lipinski definition) is 1. The number of anilines is 2. The van der Waals surface area contributed by atoms with Gasteiger partial charge in [-0.1, -0.05) is 6.07 Å². The Morgan fingerprint density at radius 1 is 0.906 bits per heavy atom. The third-order valence-electron chi connectivity index (χ3n) is 5.85. The number of hydrogen-bond acceptors (Lipinski definition) is 7. The van der Waals surface area contributed by atoms with E-state index in [1.807, 2.05) is 24.0 Å². The highest BCUT2D eigenvalue weighted by atomic mass is 32.2. The van der Waals surface area contributed by atoms with Gasteiger partial charge in [0.05, 0.1) is 43.4 Å². The predicted molar refractivity (Wildman–Crippen MR) is 118 cm³/mol. The van der Waals surface area contributed by atoms with Gasteiger partial charge in [0.25, 0.3) is 5.91 Å². The molecule has 5 rings (SSSR count). The van der Waals surface area contributed by atoms with Crippen LogP contribution in [0.3, 0.4) is 0 Å². The highest BCUT2D eigenvalue weighted by molar-refractivity contribution is 7.89. The fourth-order valence-corrected chi connectivity index (χ4v) is 5.76. The van der Waals surface area contributed by atoms with E-state index in [2.05, 4.69) is 5.32 Å². The molecule has 0 bridgehead atoms. The SMILES string of the molecule is Cc1ccc2c(c1)NC(=O)c1cc(S(=O)(=O)N3CCOCC3)c(N3CCOCC3)cc1O2. The summed E-state index contributed by atoms with van der Waals surface area (Å²) in [6.07, 6.45) is 0. The van der Waals surface area contributed by atoms with Crippen LogP contribution in [0.2, 0.25) is 0 Å². The number of sulfonamides is 1. The van der Waals surface area contributed by atoms with Crippen molar-refractivity contribution in [2.45, 2.75) is 11.8 Å². The van der Waals surface area contributed by atoms with Gasteiger partial charge in [0.15, 0.2) is 5.75 Å². The third kappa shape index (κ3) is 3.83. The molecule has 9 nitrogen and oxygen atoms in total. The summed E-state index contributed by atoms with van der Waals surface area (Å²) in [4.78, 5) is 15.1. The van der Waals surface area contributed by atoms with Gasteiger partial charge in [-0.15, -0.1) is 0 Å². The van der Waals surface area contributed by atoms with Crippen LogP contribution in [0.25, 0.3) is 0 Å². The van der Waals surface area contributed by atoms with E-state index in [1.54, 1.807) is 12.1 Å². The first kappa shape index (κ1) is 21.2. The van der Waals surface area contributed by atoms with E-state index in [1.165, 1.54) is 10.4 Å². The van der Waals surface area contributed by atoms with E-state index in [0.29, 0.717) is 62.4 Å². The van der Waals surface area contributed by atoms with Crippen molar-refractivity contribution in [1.82, 2.24) is 4.31 Å². The number of ether oxygens (including phenoxy) is 3. The second-order valence-electron chi connectivity index (χ2n) is 7.99. The molecule has 170 valence electrons. The standard InChI is InChI=1S/C22H25N3O6S/c1-15-2-3-19-17(12-15)23-22(26)16-13-21(32(27,28)25-6-10-30-11-7-25)18(14-20(16)31-19)24-4-8-29-9-5-24/h2-3,12-14H,4-11H2,1H3,(H,23,26). The molecule has 0 spiro atoms. The molecular formula is C22H25N3O6S. The van der Waals surface area contributed by atoms with E-state index < -0.39 is 15.9 Å². The van der Waals surface area contributed by atoms with Crippen LogP contribution >= 0.6 is 0 Å². The predicted octanol–water partition coefficient (Wildman–Crippen LogP) is 2.21. The topological polar surface area (TPSA) is 97.4 Å². The Morgan fingerprint density at radius 3 is 2.31 bits per heavy atom. The highest BCUT2D eigenvalue weighted by Gasteiger charge is 2.34. The van der Waals surface area contributed by atoms with Gasteiger partial charge in [-0.25, -0.2) is 8.42 Å². The van der Waals surface area contributed by atoms with Crippen LogP contribution < -0.4 is 15.0 Å². The Morgan fingerprint density at radius 2 is 1.59 bits per heavy atom. The minimum absolute atomic E-state index is 0.0981. The quantitative estimate of drug-likeness (QED) is 0.752. The number of carbonyl (C=O) groups excluding carboxylic acids is 1. The summed E-state index contributed by atoms with van der Waals surface area (Å²) < 4.78 is 45.6. The Labute approximate surface area is 186 Å². The van der Waals surface area contributed by atoms with E-state index in [4.69, 9.17) is 14.2 Å². The number of benzene rings is 2. The summed E-state index contributed by atoms with van der Waals surface area (Å²) in [5, 5.41) is 2.85. The van der Waals surface area contributed by atoms with Gasteiger partial charge in [0.2, 0.25) is 10.0 Å². The Balaban J connectivity index is 1.65. The van der Waals surface area contributed by atoms with Crippen LogP contribution in [0, 0.1) is 6.92 Å². The van der Waals surface area contributed by atoms with E-state index in [-0.39, 0.29) is 23.5 Å². The molecule has 10 heteroatoms. The van der Waals surface area contributed by atoms with Crippen LogP contribution in [-0.2, 0) is 19.5 Å². The number of morpholine rings is 2. The van der Waals surface area contributed by atoms with Crippen LogP contribution in [0.4, 0.5) is 11.4 Å². The zero-order chi connectivity index (χ0) is 22.3. The largest absolute Gasteiger partial charge is 0.454 e. The van der Waals surface area contributed by atoms with Gasteiger partial charge in [0, 0.05) is 32.2 Å². The number of nitrogens with zero attached hydrogens (tertiary/aromatic N) is 2. The molecule has 2 fully saturated rings. The minimum Gasteiger partial charge on any atom is -0.454 e. The van der Waals surface area contributed by atoms with E-state index in [9.17, 15) is 13.2 Å². The average molecular weight is 460 g/mol. The molecule has 2 saturated heterocycles. The molecule has 0 atom stereocenters. The Bertz CT molecular complexity index is 1150. The lowest BCUT2D eigenvalue weighted by atomic mass is 10.1. The van der Waals surface area contributed by atoms with Crippen molar-refractivity contribution < 1.29 is 27.4 Å². The normalized spacial score (nSPS) is 19.4. The third-order valence-corrected chi connectivity index (χ3v) is 7.78. The lowest BCUT2D eigenvalue weighted by Gasteiger charge is -2.33. The molecule has 3 aliphatic heterocycles. The highest BCUT2D eigenvalue weighted by Crippen LogP contribution is 2.41. The fourth-order valence-electron chi connectivity index (χ4n) is 4.13. The molecule has 0 aliphatic carbocycles. The molecule has 3 heterocycles. The van der Waals surface area contributed by atoms with E-state index in [0.717, 1.165) is 5.56 Å². The van der Waals surface area contributed by atoms with Crippen molar-refractivity contribution in [3.63, 3.8) is 0 Å². The molecule has 32 heavy (non-hydrogen) atoms. The summed E-state index contributed by atoms with van der Waals surface area (Å²) in [6, 6.07) is 8.64. The summed E-state index contributed by atoms with van der Waals surface area (Å²) >= 11 is 0. The summed E-state index contributed by atoms with van der Waals surface area (Å²) in [5.41, 5.74) is 2.23. The molecule has 2 aromatic carbocycles. The smallest absolute Gasteiger partial charge is 0.259 e. The zero-order valence-electron chi connectivity index (χ0n) is 17.8. The fraction of sp³-hybridized carbons (Fsp3) is 0.409. The van der Waals surface area contributed by atoms with Crippen molar-refractivity contribution in [3.8, 4) is 11.5 Å². The number of rotatable bonds is 3. The maximum Gasteiger partial charge on any atom is 0.259 e. The number of amides is 1. The molecule has 1 N–H and O–H groups in total. The van der Waals surface area contributed by atoms with Crippen LogP contribution in [0.1, 0.15) is 15.9 Å². The number of fused-ring (bicyclic) bond motifs is 2. The molecule has 3 aliphatic rings. The number of nitrogens with one attached hydrogen (secondary N) is 1. The first-order valence-electron chi connectivity index (χ1n) is 10.6. The first-order valence-corrected chi connectivity index (χ1v) is 12.1. The maximum absolute atomic E-state index is 13.6. The molecular weight excluding hydrogens is 434 g/mol. The van der Waals surface area contributed by atoms with Crippen molar-refractivity contribution in [3.05, 3.63) is 41.5 Å². The summed E-state index contributed by atoms with van der Waals surface area (Å²) in [6.45, 7) is 5.25. The Kier molecular flexibility index (Phi) is 5.54. The lowest BCUT2D eigenvalue weighted by Crippen LogP contribution is -2.42. The molecule has 2 aromatic rings. The van der Waals surface area contributed by atoms with Crippen molar-refractivity contribution >= 4 is 27.3 Å². The van der Waals surface area contributed by atoms with Crippen LogP contribution in [-0.4, -0.2) is 71.2 Å². The van der Waals surface area contributed by atoms with Gasteiger partial charge in [0.1, 0.15) is 10.6 Å². The van der Waals surface area contributed by atoms with Crippen LogP contribution in [0.5, 0.6) is 11.5 Å². The second kappa shape index (κ2) is 8.36. The number of aryl methyl sites for hydroxylation is 1. The summed E-state index contributed by atoms with van der Waals surface area (Å²) in [5.74, 6) is 0.434.